The van der Waals surface area contributed by atoms with Gasteiger partial charge in [-0.1, -0.05) is 0 Å². The summed E-state index contributed by atoms with van der Waals surface area (Å²) in [5.74, 6) is -3.01. The first-order chi connectivity index (χ1) is 3.48. The second-order valence-electron chi connectivity index (χ2n) is 1.68. The summed E-state index contributed by atoms with van der Waals surface area (Å²) in [5.41, 5.74) is -0.544. The molecule has 0 radical (unpaired) electrons. The van der Waals surface area contributed by atoms with Crippen LogP contribution in [-0.2, 0) is 0 Å². The normalized spacial score (nSPS) is 14.4. The van der Waals surface area contributed by atoms with E-state index in [1.165, 1.54) is 0 Å². The summed E-state index contributed by atoms with van der Waals surface area (Å²) in [6, 6.07) is 0. The maximum atomic E-state index is 11.8. The SMILES string of the molecule is CC(=CF)C(C)(F)F. The third-order valence-corrected chi connectivity index (χ3v) is 0.856. The molecule has 3 heteroatoms. The fraction of sp³-hybridized carbons (Fsp3) is 0.600. The molecule has 0 saturated heterocycles. The van der Waals surface area contributed by atoms with Crippen molar-refractivity contribution in [2.75, 3.05) is 0 Å². The Hall–Kier alpha value is -0.470. The zero-order chi connectivity index (χ0) is 6.78. The molecule has 0 aromatic carbocycles. The van der Waals surface area contributed by atoms with Gasteiger partial charge in [0.2, 0.25) is 0 Å². The van der Waals surface area contributed by atoms with Crippen molar-refractivity contribution >= 4 is 0 Å². The predicted octanol–water partition coefficient (Wildman–Crippen LogP) is 2.51. The lowest BCUT2D eigenvalue weighted by Gasteiger charge is -2.06. The van der Waals surface area contributed by atoms with Gasteiger partial charge in [0.05, 0.1) is 6.33 Å². The molecule has 48 valence electrons. The van der Waals surface area contributed by atoms with Crippen molar-refractivity contribution < 1.29 is 13.2 Å². The number of allylic oxidation sites excluding steroid dienone is 1. The Bertz CT molecular complexity index is 98.7. The van der Waals surface area contributed by atoms with Crippen molar-refractivity contribution in [3.63, 3.8) is 0 Å². The molecule has 0 rings (SSSR count). The van der Waals surface area contributed by atoms with Gasteiger partial charge < -0.3 is 0 Å². The van der Waals surface area contributed by atoms with Gasteiger partial charge >= 0.3 is 0 Å². The summed E-state index contributed by atoms with van der Waals surface area (Å²) in [6.07, 6.45) is -0.0833. The molecule has 0 bridgehead atoms. The summed E-state index contributed by atoms with van der Waals surface area (Å²) < 4.78 is 34.9. The minimum Gasteiger partial charge on any atom is -0.215 e. The molecule has 0 unspecified atom stereocenters. The molecule has 0 aliphatic carbocycles. The molecule has 0 aliphatic rings. The number of rotatable bonds is 1. The molecule has 0 fully saturated rings. The fourth-order valence-electron chi connectivity index (χ4n) is 0.0958. The Balaban J connectivity index is 4.03. The second kappa shape index (κ2) is 2.20. The van der Waals surface area contributed by atoms with Crippen LogP contribution in [0.5, 0.6) is 0 Å². The summed E-state index contributed by atoms with van der Waals surface area (Å²) >= 11 is 0. The summed E-state index contributed by atoms with van der Waals surface area (Å²) in [5, 5.41) is 0. The van der Waals surface area contributed by atoms with E-state index in [1.807, 2.05) is 0 Å². The minimum atomic E-state index is -3.01. The third kappa shape index (κ3) is 2.00. The van der Waals surface area contributed by atoms with Gasteiger partial charge in [-0.15, -0.1) is 0 Å². The zero-order valence-electron chi connectivity index (χ0n) is 4.71. The predicted molar refractivity (Wildman–Crippen MR) is 25.5 cm³/mol. The standard InChI is InChI=1S/C5H7F3/c1-4(3-6)5(2,7)8/h3H,1-2H3. The maximum Gasteiger partial charge on any atom is 0.268 e. The lowest BCUT2D eigenvalue weighted by molar-refractivity contribution is 0.0620. The largest absolute Gasteiger partial charge is 0.268 e. The van der Waals surface area contributed by atoms with Crippen molar-refractivity contribution in [1.29, 1.82) is 0 Å². The fourth-order valence-corrected chi connectivity index (χ4v) is 0.0958. The van der Waals surface area contributed by atoms with E-state index in [4.69, 9.17) is 0 Å². The molecular formula is C5H7F3. The smallest absolute Gasteiger partial charge is 0.215 e. The molecule has 0 heterocycles. The topological polar surface area (TPSA) is 0 Å². The van der Waals surface area contributed by atoms with Crippen LogP contribution < -0.4 is 0 Å². The van der Waals surface area contributed by atoms with Crippen LogP contribution in [-0.4, -0.2) is 5.92 Å². The molecule has 0 saturated carbocycles. The Morgan fingerprint density at radius 3 is 1.88 bits per heavy atom. The van der Waals surface area contributed by atoms with Crippen molar-refractivity contribution in [2.45, 2.75) is 19.8 Å². The molecule has 0 aliphatic heterocycles. The van der Waals surface area contributed by atoms with E-state index in [0.717, 1.165) is 6.92 Å². The molecule has 0 nitrogen and oxygen atoms in total. The highest BCUT2D eigenvalue weighted by Gasteiger charge is 2.23. The highest BCUT2D eigenvalue weighted by Crippen LogP contribution is 2.21. The maximum absolute atomic E-state index is 11.8. The van der Waals surface area contributed by atoms with Gasteiger partial charge in [0.1, 0.15) is 0 Å². The van der Waals surface area contributed by atoms with Crippen LogP contribution >= 0.6 is 0 Å². The van der Waals surface area contributed by atoms with E-state index in [9.17, 15) is 13.2 Å². The van der Waals surface area contributed by atoms with E-state index in [-0.39, 0.29) is 6.33 Å². The monoisotopic (exact) mass is 124 g/mol. The van der Waals surface area contributed by atoms with Crippen LogP contribution in [0.2, 0.25) is 0 Å². The molecule has 0 amide bonds. The van der Waals surface area contributed by atoms with Gasteiger partial charge in [-0.2, -0.15) is 0 Å². The summed E-state index contributed by atoms with van der Waals surface area (Å²) in [6.45, 7) is 1.69. The lowest BCUT2D eigenvalue weighted by Crippen LogP contribution is -2.10. The van der Waals surface area contributed by atoms with Crippen molar-refractivity contribution in [1.82, 2.24) is 0 Å². The van der Waals surface area contributed by atoms with Gasteiger partial charge in [-0.3, -0.25) is 0 Å². The average Bonchev–Trinajstić information content (AvgIpc) is 1.62. The molecule has 0 aromatic rings. The zero-order valence-corrected chi connectivity index (χ0v) is 4.71. The number of halogens is 3. The van der Waals surface area contributed by atoms with Crippen LogP contribution in [0.1, 0.15) is 13.8 Å². The molecule has 8 heavy (non-hydrogen) atoms. The quantitative estimate of drug-likeness (QED) is 0.503. The minimum absolute atomic E-state index is 0.0833. The lowest BCUT2D eigenvalue weighted by atomic mass is 10.2. The number of alkyl halides is 2. The van der Waals surface area contributed by atoms with Gasteiger partial charge in [-0.05, 0) is 6.92 Å². The van der Waals surface area contributed by atoms with Crippen molar-refractivity contribution in [2.24, 2.45) is 0 Å². The van der Waals surface area contributed by atoms with Crippen molar-refractivity contribution in [3.8, 4) is 0 Å². The number of hydrogen-bond donors (Lipinski definition) is 0. The summed E-state index contributed by atoms with van der Waals surface area (Å²) in [7, 11) is 0. The van der Waals surface area contributed by atoms with E-state index in [1.54, 1.807) is 0 Å². The van der Waals surface area contributed by atoms with Gasteiger partial charge in [0.25, 0.3) is 5.92 Å². The first-order valence-corrected chi connectivity index (χ1v) is 2.13. The summed E-state index contributed by atoms with van der Waals surface area (Å²) in [4.78, 5) is 0. The molecule has 0 aromatic heterocycles. The van der Waals surface area contributed by atoms with Crippen LogP contribution in [0.25, 0.3) is 0 Å². The van der Waals surface area contributed by atoms with E-state index in [0.29, 0.717) is 6.92 Å². The van der Waals surface area contributed by atoms with Crippen LogP contribution in [0.15, 0.2) is 11.9 Å². The Labute approximate surface area is 46.0 Å². The Morgan fingerprint density at radius 1 is 1.50 bits per heavy atom. The van der Waals surface area contributed by atoms with Crippen LogP contribution in [0.4, 0.5) is 13.2 Å². The van der Waals surface area contributed by atoms with Crippen LogP contribution in [0, 0.1) is 0 Å². The van der Waals surface area contributed by atoms with Crippen LogP contribution in [0.3, 0.4) is 0 Å². The molecular weight excluding hydrogens is 117 g/mol. The highest BCUT2D eigenvalue weighted by molar-refractivity contribution is 5.03. The third-order valence-electron chi connectivity index (χ3n) is 0.856. The average molecular weight is 124 g/mol. The van der Waals surface area contributed by atoms with Gasteiger partial charge in [-0.25, -0.2) is 13.2 Å². The van der Waals surface area contributed by atoms with E-state index < -0.39 is 11.5 Å². The Kier molecular flexibility index (Phi) is 2.07. The first-order valence-electron chi connectivity index (χ1n) is 2.13. The molecule has 0 spiro atoms. The van der Waals surface area contributed by atoms with Gasteiger partial charge in [0, 0.05) is 12.5 Å². The molecule has 0 N–H and O–H groups in total. The first kappa shape index (κ1) is 7.53. The number of hydrogen-bond acceptors (Lipinski definition) is 0. The van der Waals surface area contributed by atoms with E-state index >= 15 is 0 Å². The highest BCUT2D eigenvalue weighted by atomic mass is 19.3. The van der Waals surface area contributed by atoms with Gasteiger partial charge in [0.15, 0.2) is 0 Å². The Morgan fingerprint density at radius 2 is 1.88 bits per heavy atom. The van der Waals surface area contributed by atoms with Crippen molar-refractivity contribution in [3.05, 3.63) is 11.9 Å². The second-order valence-corrected chi connectivity index (χ2v) is 1.68. The van der Waals surface area contributed by atoms with E-state index in [2.05, 4.69) is 0 Å². The molecule has 0 atom stereocenters.